The summed E-state index contributed by atoms with van der Waals surface area (Å²) in [5.41, 5.74) is 11.3. The first-order valence-corrected chi connectivity index (χ1v) is 7.79. The van der Waals surface area contributed by atoms with Gasteiger partial charge >= 0.3 is 0 Å². The molecular weight excluding hydrogens is 312 g/mol. The second-order valence-electron chi connectivity index (χ2n) is 5.54. The predicted octanol–water partition coefficient (Wildman–Crippen LogP) is 4.55. The number of anilines is 2. The Bertz CT molecular complexity index is 637. The lowest BCUT2D eigenvalue weighted by atomic mass is 10.1. The van der Waals surface area contributed by atoms with Gasteiger partial charge in [-0.15, -0.1) is 0 Å². The molecule has 2 unspecified atom stereocenters. The molecule has 2 N–H and O–H groups in total. The molecule has 0 aromatic heterocycles. The standard InChI is InChI=1S/C17H19BrN2/c1-11-9-13-5-3-4-6-16(13)20(11)17-8-7-14(18)10-15(17)12(2)19/h3-8,10-12H,9,19H2,1-2H3. The molecule has 104 valence electrons. The van der Waals surface area contributed by atoms with E-state index in [-0.39, 0.29) is 6.04 Å². The maximum absolute atomic E-state index is 6.17. The summed E-state index contributed by atoms with van der Waals surface area (Å²) in [5, 5.41) is 0. The molecule has 2 aromatic rings. The fourth-order valence-corrected chi connectivity index (χ4v) is 3.42. The highest BCUT2D eigenvalue weighted by atomic mass is 79.9. The van der Waals surface area contributed by atoms with Gasteiger partial charge in [0.15, 0.2) is 0 Å². The molecule has 3 heteroatoms. The van der Waals surface area contributed by atoms with Crippen LogP contribution in [-0.2, 0) is 6.42 Å². The van der Waals surface area contributed by atoms with Gasteiger partial charge in [-0.25, -0.2) is 0 Å². The zero-order valence-electron chi connectivity index (χ0n) is 11.8. The maximum Gasteiger partial charge on any atom is 0.0462 e. The SMILES string of the molecule is CC(N)c1cc(Br)ccc1N1c2ccccc2CC1C. The van der Waals surface area contributed by atoms with Crippen LogP contribution >= 0.6 is 15.9 Å². The van der Waals surface area contributed by atoms with Gasteiger partial charge in [0.2, 0.25) is 0 Å². The number of hydrogen-bond donors (Lipinski definition) is 1. The second-order valence-corrected chi connectivity index (χ2v) is 6.46. The molecule has 1 heterocycles. The van der Waals surface area contributed by atoms with Crippen molar-refractivity contribution < 1.29 is 0 Å². The van der Waals surface area contributed by atoms with E-state index >= 15 is 0 Å². The van der Waals surface area contributed by atoms with Gasteiger partial charge in [0, 0.05) is 27.9 Å². The van der Waals surface area contributed by atoms with Crippen molar-refractivity contribution in [3.05, 3.63) is 58.1 Å². The quantitative estimate of drug-likeness (QED) is 0.875. The van der Waals surface area contributed by atoms with Crippen LogP contribution in [0.5, 0.6) is 0 Å². The van der Waals surface area contributed by atoms with E-state index < -0.39 is 0 Å². The fourth-order valence-electron chi connectivity index (χ4n) is 3.04. The number of rotatable bonds is 2. The van der Waals surface area contributed by atoms with E-state index in [1.54, 1.807) is 0 Å². The number of hydrogen-bond acceptors (Lipinski definition) is 2. The molecule has 2 aromatic carbocycles. The van der Waals surface area contributed by atoms with Crippen LogP contribution in [0.25, 0.3) is 0 Å². The summed E-state index contributed by atoms with van der Waals surface area (Å²) in [6, 6.07) is 15.5. The lowest BCUT2D eigenvalue weighted by Crippen LogP contribution is -2.26. The topological polar surface area (TPSA) is 29.3 Å². The first-order chi connectivity index (χ1) is 9.58. The second kappa shape index (κ2) is 5.23. The molecule has 0 spiro atoms. The van der Waals surface area contributed by atoms with Gasteiger partial charge in [0.05, 0.1) is 0 Å². The lowest BCUT2D eigenvalue weighted by molar-refractivity contribution is 0.742. The van der Waals surface area contributed by atoms with Crippen LogP contribution in [-0.4, -0.2) is 6.04 Å². The van der Waals surface area contributed by atoms with Crippen molar-refractivity contribution in [1.82, 2.24) is 0 Å². The third-order valence-corrected chi connectivity index (χ3v) is 4.44. The summed E-state index contributed by atoms with van der Waals surface area (Å²) in [5.74, 6) is 0. The van der Waals surface area contributed by atoms with Crippen molar-refractivity contribution in [2.24, 2.45) is 5.73 Å². The monoisotopic (exact) mass is 330 g/mol. The molecule has 0 saturated carbocycles. The molecule has 3 rings (SSSR count). The summed E-state index contributed by atoms with van der Waals surface area (Å²) in [6.45, 7) is 4.31. The van der Waals surface area contributed by atoms with Gasteiger partial charge in [0.25, 0.3) is 0 Å². The number of nitrogens with two attached hydrogens (primary N) is 1. The zero-order chi connectivity index (χ0) is 14.3. The highest BCUT2D eigenvalue weighted by Crippen LogP contribution is 2.41. The molecular formula is C17H19BrN2. The first-order valence-electron chi connectivity index (χ1n) is 7.00. The van der Waals surface area contributed by atoms with Gasteiger partial charge in [0.1, 0.15) is 0 Å². The van der Waals surface area contributed by atoms with E-state index in [0.29, 0.717) is 6.04 Å². The van der Waals surface area contributed by atoms with Crippen molar-refractivity contribution in [3.8, 4) is 0 Å². The number of para-hydroxylation sites is 1. The number of halogens is 1. The average molecular weight is 331 g/mol. The zero-order valence-corrected chi connectivity index (χ0v) is 13.4. The molecule has 0 saturated heterocycles. The van der Waals surface area contributed by atoms with Gasteiger partial charge < -0.3 is 10.6 Å². The van der Waals surface area contributed by atoms with E-state index in [4.69, 9.17) is 5.73 Å². The summed E-state index contributed by atoms with van der Waals surface area (Å²) in [4.78, 5) is 2.42. The molecule has 20 heavy (non-hydrogen) atoms. The molecule has 0 amide bonds. The molecule has 1 aliphatic rings. The first kappa shape index (κ1) is 13.7. The van der Waals surface area contributed by atoms with Crippen molar-refractivity contribution in [2.75, 3.05) is 4.90 Å². The Hall–Kier alpha value is -1.32. The fraction of sp³-hybridized carbons (Fsp3) is 0.294. The lowest BCUT2D eigenvalue weighted by Gasteiger charge is -2.28. The third-order valence-electron chi connectivity index (χ3n) is 3.95. The van der Waals surface area contributed by atoms with Gasteiger partial charge in [-0.05, 0) is 55.7 Å². The van der Waals surface area contributed by atoms with Crippen molar-refractivity contribution in [1.29, 1.82) is 0 Å². The third kappa shape index (κ3) is 2.25. The predicted molar refractivity (Wildman–Crippen MR) is 88.5 cm³/mol. The molecule has 1 aliphatic heterocycles. The van der Waals surface area contributed by atoms with E-state index in [9.17, 15) is 0 Å². The van der Waals surface area contributed by atoms with Crippen LogP contribution in [0, 0.1) is 0 Å². The minimum atomic E-state index is 0.0162. The van der Waals surface area contributed by atoms with Crippen LogP contribution in [0.4, 0.5) is 11.4 Å². The Kier molecular flexibility index (Phi) is 3.57. The van der Waals surface area contributed by atoms with Crippen LogP contribution < -0.4 is 10.6 Å². The Balaban J connectivity index is 2.14. The average Bonchev–Trinajstić information content (AvgIpc) is 2.74. The van der Waals surface area contributed by atoms with Crippen LogP contribution in [0.2, 0.25) is 0 Å². The van der Waals surface area contributed by atoms with Crippen LogP contribution in [0.15, 0.2) is 46.9 Å². The minimum absolute atomic E-state index is 0.0162. The molecule has 0 bridgehead atoms. The van der Waals surface area contributed by atoms with Gasteiger partial charge in [-0.2, -0.15) is 0 Å². The normalized spacial score (nSPS) is 19.0. The van der Waals surface area contributed by atoms with Crippen LogP contribution in [0.1, 0.15) is 31.0 Å². The highest BCUT2D eigenvalue weighted by Gasteiger charge is 2.28. The number of benzene rings is 2. The minimum Gasteiger partial charge on any atom is -0.338 e. The van der Waals surface area contributed by atoms with Gasteiger partial charge in [-0.3, -0.25) is 0 Å². The van der Waals surface area contributed by atoms with E-state index in [1.807, 2.05) is 6.92 Å². The van der Waals surface area contributed by atoms with E-state index in [0.717, 1.165) is 10.9 Å². The molecule has 0 radical (unpaired) electrons. The Morgan fingerprint density at radius 1 is 1.20 bits per heavy atom. The molecule has 2 nitrogen and oxygen atoms in total. The summed E-state index contributed by atoms with van der Waals surface area (Å²) >= 11 is 3.55. The Labute approximate surface area is 128 Å². The molecule has 2 atom stereocenters. The Morgan fingerprint density at radius 2 is 1.95 bits per heavy atom. The van der Waals surface area contributed by atoms with E-state index in [2.05, 4.69) is 70.2 Å². The van der Waals surface area contributed by atoms with Gasteiger partial charge in [-0.1, -0.05) is 34.1 Å². The van der Waals surface area contributed by atoms with Crippen molar-refractivity contribution in [2.45, 2.75) is 32.4 Å². The summed E-state index contributed by atoms with van der Waals surface area (Å²) in [7, 11) is 0. The number of nitrogens with zero attached hydrogens (tertiary/aromatic N) is 1. The maximum atomic E-state index is 6.17. The number of fused-ring (bicyclic) bond motifs is 1. The highest BCUT2D eigenvalue weighted by molar-refractivity contribution is 9.10. The summed E-state index contributed by atoms with van der Waals surface area (Å²) in [6.07, 6.45) is 1.09. The largest absolute Gasteiger partial charge is 0.338 e. The Morgan fingerprint density at radius 3 is 2.70 bits per heavy atom. The summed E-state index contributed by atoms with van der Waals surface area (Å²) < 4.78 is 1.08. The van der Waals surface area contributed by atoms with Crippen molar-refractivity contribution >= 4 is 27.3 Å². The van der Waals surface area contributed by atoms with E-state index in [1.165, 1.54) is 22.5 Å². The van der Waals surface area contributed by atoms with Crippen LogP contribution in [0.3, 0.4) is 0 Å². The smallest absolute Gasteiger partial charge is 0.0462 e. The van der Waals surface area contributed by atoms with Crippen molar-refractivity contribution in [3.63, 3.8) is 0 Å². The molecule has 0 aliphatic carbocycles. The molecule has 0 fully saturated rings.